The van der Waals surface area contributed by atoms with Crippen LogP contribution in [0.25, 0.3) is 16.6 Å². The first kappa shape index (κ1) is 24.5. The Morgan fingerprint density at radius 1 is 1.21 bits per heavy atom. The van der Waals surface area contributed by atoms with Crippen molar-refractivity contribution in [3.63, 3.8) is 0 Å². The SMILES string of the molecule is C/C=C(Cl)\C(=C(/C)Cl)c1cc2cnc(NC3CCN(Cc4ccccc4)CC3)nc2n(C)c1=O. The van der Waals surface area contributed by atoms with Gasteiger partial charge in [-0.1, -0.05) is 59.6 Å². The third-order valence-corrected chi connectivity index (χ3v) is 6.82. The van der Waals surface area contributed by atoms with Gasteiger partial charge < -0.3 is 5.32 Å². The summed E-state index contributed by atoms with van der Waals surface area (Å²) < 4.78 is 1.53. The Labute approximate surface area is 209 Å². The number of hydrogen-bond acceptors (Lipinski definition) is 5. The van der Waals surface area contributed by atoms with Gasteiger partial charge in [-0.2, -0.15) is 4.98 Å². The minimum atomic E-state index is -0.207. The number of piperidine rings is 1. The first-order chi connectivity index (χ1) is 16.4. The Kier molecular flexibility index (Phi) is 7.71. The van der Waals surface area contributed by atoms with Gasteiger partial charge in [-0.25, -0.2) is 4.98 Å². The highest BCUT2D eigenvalue weighted by molar-refractivity contribution is 6.41. The fraction of sp³-hybridized carbons (Fsp3) is 0.346. The van der Waals surface area contributed by atoms with Crippen molar-refractivity contribution < 1.29 is 0 Å². The van der Waals surface area contributed by atoms with Crippen LogP contribution in [0.1, 0.15) is 37.8 Å². The zero-order chi connectivity index (χ0) is 24.2. The van der Waals surface area contributed by atoms with Gasteiger partial charge in [-0.05, 0) is 38.3 Å². The number of rotatable bonds is 6. The van der Waals surface area contributed by atoms with E-state index in [1.807, 2.05) is 6.07 Å². The van der Waals surface area contributed by atoms with Crippen molar-refractivity contribution in [2.45, 2.75) is 39.3 Å². The molecule has 1 N–H and O–H groups in total. The molecular weight excluding hydrogens is 469 g/mol. The number of fused-ring (bicyclic) bond motifs is 1. The van der Waals surface area contributed by atoms with Gasteiger partial charge in [-0.15, -0.1) is 0 Å². The fourth-order valence-corrected chi connectivity index (χ4v) is 4.87. The van der Waals surface area contributed by atoms with E-state index in [1.165, 1.54) is 10.1 Å². The number of aromatic nitrogens is 3. The summed E-state index contributed by atoms with van der Waals surface area (Å²) in [6, 6.07) is 12.6. The maximum Gasteiger partial charge on any atom is 0.259 e. The molecule has 1 aromatic carbocycles. The van der Waals surface area contributed by atoms with E-state index in [-0.39, 0.29) is 5.56 Å². The van der Waals surface area contributed by atoms with Gasteiger partial charge in [0.05, 0.1) is 5.56 Å². The molecule has 1 saturated heterocycles. The molecule has 1 aliphatic rings. The average molecular weight is 498 g/mol. The molecule has 0 radical (unpaired) electrons. The maximum atomic E-state index is 13.1. The van der Waals surface area contributed by atoms with Crippen LogP contribution in [0.15, 0.2) is 63.5 Å². The van der Waals surface area contributed by atoms with Gasteiger partial charge in [0.1, 0.15) is 5.65 Å². The molecule has 8 heteroatoms. The smallest absolute Gasteiger partial charge is 0.259 e. The average Bonchev–Trinajstić information content (AvgIpc) is 2.84. The second kappa shape index (κ2) is 10.7. The number of aryl methyl sites for hydroxylation is 1. The summed E-state index contributed by atoms with van der Waals surface area (Å²) in [6.07, 6.45) is 5.48. The normalized spacial score (nSPS) is 16.6. The number of halogens is 2. The van der Waals surface area contributed by atoms with E-state index < -0.39 is 0 Å². The summed E-state index contributed by atoms with van der Waals surface area (Å²) >= 11 is 12.6. The summed E-state index contributed by atoms with van der Waals surface area (Å²) in [5.41, 5.74) is 2.65. The number of nitrogens with zero attached hydrogens (tertiary/aromatic N) is 4. The van der Waals surface area contributed by atoms with E-state index in [0.29, 0.717) is 38.8 Å². The van der Waals surface area contributed by atoms with E-state index in [2.05, 4.69) is 44.5 Å². The molecule has 0 atom stereocenters. The molecule has 3 heterocycles. The van der Waals surface area contributed by atoms with Gasteiger partial charge in [0, 0.05) is 59.9 Å². The number of hydrogen-bond donors (Lipinski definition) is 1. The van der Waals surface area contributed by atoms with E-state index in [1.54, 1.807) is 39.2 Å². The van der Waals surface area contributed by atoms with Crippen LogP contribution in [-0.2, 0) is 13.6 Å². The zero-order valence-electron chi connectivity index (χ0n) is 19.7. The molecular formula is C26H29Cl2N5O. The molecule has 0 saturated carbocycles. The molecule has 0 unspecified atom stereocenters. The molecule has 34 heavy (non-hydrogen) atoms. The predicted molar refractivity (Wildman–Crippen MR) is 141 cm³/mol. The van der Waals surface area contributed by atoms with Crippen molar-refractivity contribution in [3.05, 3.63) is 80.2 Å². The lowest BCUT2D eigenvalue weighted by atomic mass is 10.0. The van der Waals surface area contributed by atoms with Crippen molar-refractivity contribution in [3.8, 4) is 0 Å². The molecule has 178 valence electrons. The Morgan fingerprint density at radius 3 is 2.56 bits per heavy atom. The predicted octanol–water partition coefficient (Wildman–Crippen LogP) is 5.52. The van der Waals surface area contributed by atoms with Crippen LogP contribution in [0.5, 0.6) is 0 Å². The van der Waals surface area contributed by atoms with Crippen LogP contribution in [0.4, 0.5) is 5.95 Å². The highest BCUT2D eigenvalue weighted by atomic mass is 35.5. The number of pyridine rings is 1. The number of benzene rings is 1. The molecule has 0 aliphatic carbocycles. The molecule has 0 amide bonds. The van der Waals surface area contributed by atoms with Crippen molar-refractivity contribution in [1.82, 2.24) is 19.4 Å². The lowest BCUT2D eigenvalue weighted by Crippen LogP contribution is -2.39. The van der Waals surface area contributed by atoms with Gasteiger partial charge in [0.25, 0.3) is 5.56 Å². The molecule has 1 aliphatic heterocycles. The Balaban J connectivity index is 1.51. The number of allylic oxidation sites excluding steroid dienone is 4. The Hall–Kier alpha value is -2.67. The van der Waals surface area contributed by atoms with E-state index in [0.717, 1.165) is 37.9 Å². The minimum absolute atomic E-state index is 0.207. The van der Waals surface area contributed by atoms with Crippen molar-refractivity contribution in [1.29, 1.82) is 0 Å². The van der Waals surface area contributed by atoms with Crippen LogP contribution >= 0.6 is 23.2 Å². The highest BCUT2D eigenvalue weighted by Crippen LogP contribution is 2.30. The molecule has 0 bridgehead atoms. The summed E-state index contributed by atoms with van der Waals surface area (Å²) in [6.45, 7) is 6.53. The first-order valence-corrected chi connectivity index (χ1v) is 12.2. The quantitative estimate of drug-likeness (QED) is 0.454. The lowest BCUT2D eigenvalue weighted by Gasteiger charge is -2.32. The summed E-state index contributed by atoms with van der Waals surface area (Å²) in [4.78, 5) is 24.8. The van der Waals surface area contributed by atoms with Crippen LogP contribution in [0.3, 0.4) is 0 Å². The van der Waals surface area contributed by atoms with Crippen LogP contribution < -0.4 is 10.9 Å². The molecule has 3 aromatic rings. The largest absolute Gasteiger partial charge is 0.351 e. The number of anilines is 1. The van der Waals surface area contributed by atoms with Crippen LogP contribution in [0.2, 0.25) is 0 Å². The topological polar surface area (TPSA) is 63.1 Å². The second-order valence-corrected chi connectivity index (χ2v) is 9.59. The third-order valence-electron chi connectivity index (χ3n) is 6.22. The Bertz CT molecular complexity index is 1290. The fourth-order valence-electron chi connectivity index (χ4n) is 4.38. The van der Waals surface area contributed by atoms with Crippen molar-refractivity contribution in [2.24, 2.45) is 7.05 Å². The van der Waals surface area contributed by atoms with Crippen LogP contribution in [-0.4, -0.2) is 38.6 Å². The van der Waals surface area contributed by atoms with Crippen molar-refractivity contribution in [2.75, 3.05) is 18.4 Å². The van der Waals surface area contributed by atoms with Crippen LogP contribution in [0, 0.1) is 0 Å². The lowest BCUT2D eigenvalue weighted by molar-refractivity contribution is 0.211. The van der Waals surface area contributed by atoms with E-state index in [4.69, 9.17) is 23.2 Å². The van der Waals surface area contributed by atoms with E-state index in [9.17, 15) is 4.79 Å². The standard InChI is InChI=1S/C26H29Cl2N5O/c1-4-22(28)23(17(2)27)21-14-19-15-29-26(31-24(19)32(3)25(21)34)30-20-10-12-33(13-11-20)16-18-8-6-5-7-9-18/h4-9,14-15,20H,10-13,16H2,1-3H3,(H,29,30,31)/b22-4+,23-17+. The molecule has 1 fully saturated rings. The third kappa shape index (κ3) is 5.35. The molecule has 4 rings (SSSR count). The highest BCUT2D eigenvalue weighted by Gasteiger charge is 2.21. The molecule has 6 nitrogen and oxygen atoms in total. The zero-order valence-corrected chi connectivity index (χ0v) is 21.2. The summed E-state index contributed by atoms with van der Waals surface area (Å²) in [7, 11) is 1.71. The summed E-state index contributed by atoms with van der Waals surface area (Å²) in [5, 5.41) is 5.10. The minimum Gasteiger partial charge on any atom is -0.351 e. The van der Waals surface area contributed by atoms with Crippen molar-refractivity contribution >= 4 is 45.8 Å². The van der Waals surface area contributed by atoms with Gasteiger partial charge in [-0.3, -0.25) is 14.3 Å². The molecule has 2 aromatic heterocycles. The van der Waals surface area contributed by atoms with Gasteiger partial charge in [0.2, 0.25) is 5.95 Å². The Morgan fingerprint density at radius 2 is 1.91 bits per heavy atom. The van der Waals surface area contributed by atoms with Gasteiger partial charge in [0.15, 0.2) is 0 Å². The summed E-state index contributed by atoms with van der Waals surface area (Å²) in [5.74, 6) is 0.535. The van der Waals surface area contributed by atoms with Gasteiger partial charge >= 0.3 is 0 Å². The molecule has 0 spiro atoms. The van der Waals surface area contributed by atoms with E-state index >= 15 is 0 Å². The monoisotopic (exact) mass is 497 g/mol. The second-order valence-electron chi connectivity index (χ2n) is 8.62. The maximum absolute atomic E-state index is 13.1. The number of nitrogens with one attached hydrogen (secondary N) is 1. The first-order valence-electron chi connectivity index (χ1n) is 11.5. The number of likely N-dealkylation sites (tertiary alicyclic amines) is 1.